The molecule has 0 aromatic heterocycles. The summed E-state index contributed by atoms with van der Waals surface area (Å²) in [4.78, 5) is 2.49. The molecule has 1 heterocycles. The normalized spacial score (nSPS) is 19.4. The highest BCUT2D eigenvalue weighted by molar-refractivity contribution is 4.97. The minimum Gasteiger partial charge on any atom is -0.330 e. The van der Waals surface area contributed by atoms with E-state index in [2.05, 4.69) is 11.5 Å². The number of piperidine rings is 1. The maximum atomic E-state index is 5.46. The van der Waals surface area contributed by atoms with Crippen LogP contribution in [0.1, 0.15) is 25.7 Å². The van der Waals surface area contributed by atoms with E-state index in [0.29, 0.717) is 0 Å². The molecule has 0 spiro atoms. The smallest absolute Gasteiger partial charge is 0.0190 e. The number of likely N-dealkylation sites (tertiary alicyclic amines) is 1. The number of hydrogen-bond donors (Lipinski definition) is 1. The first-order chi connectivity index (χ1) is 5.83. The average Bonchev–Trinajstić information content (AvgIpc) is 2.06. The summed E-state index contributed by atoms with van der Waals surface area (Å²) in [6.07, 6.45) is 5.10. The molecule has 1 aliphatic rings. The van der Waals surface area contributed by atoms with Crippen LogP contribution in [0.5, 0.6) is 0 Å². The Morgan fingerprint density at radius 3 is 2.50 bits per heavy atom. The third kappa shape index (κ3) is 3.37. The highest BCUT2D eigenvalue weighted by atomic mass is 15.1. The molecule has 0 bridgehead atoms. The highest BCUT2D eigenvalue weighted by Crippen LogP contribution is 2.10. The summed E-state index contributed by atoms with van der Waals surface area (Å²) >= 11 is 0. The Balaban J connectivity index is 2.15. The van der Waals surface area contributed by atoms with Crippen molar-refractivity contribution in [3.05, 3.63) is 12.2 Å². The second-order valence-electron chi connectivity index (χ2n) is 3.63. The number of hydrogen-bond acceptors (Lipinski definition) is 2. The quantitative estimate of drug-likeness (QED) is 0.643. The molecule has 1 aliphatic heterocycles. The first-order valence-corrected chi connectivity index (χ1v) is 4.92. The van der Waals surface area contributed by atoms with E-state index >= 15 is 0 Å². The molecule has 12 heavy (non-hydrogen) atoms. The molecule has 0 atom stereocenters. The first kappa shape index (κ1) is 9.75. The molecule has 70 valence electrons. The van der Waals surface area contributed by atoms with Crippen LogP contribution in [-0.2, 0) is 0 Å². The standard InChI is InChI=1S/C10H20N2/c1-10(5-6-11)9-12-7-3-2-4-8-12/h1-9,11H2. The number of nitrogens with two attached hydrogens (primary N) is 1. The fourth-order valence-corrected chi connectivity index (χ4v) is 1.72. The second-order valence-corrected chi connectivity index (χ2v) is 3.63. The van der Waals surface area contributed by atoms with Gasteiger partial charge in [0, 0.05) is 6.54 Å². The summed E-state index contributed by atoms with van der Waals surface area (Å²) in [5, 5.41) is 0. The largest absolute Gasteiger partial charge is 0.330 e. The summed E-state index contributed by atoms with van der Waals surface area (Å²) in [6, 6.07) is 0. The monoisotopic (exact) mass is 168 g/mol. The van der Waals surface area contributed by atoms with Gasteiger partial charge in [-0.1, -0.05) is 18.6 Å². The van der Waals surface area contributed by atoms with Gasteiger partial charge in [0.15, 0.2) is 0 Å². The van der Waals surface area contributed by atoms with Crippen LogP contribution in [0, 0.1) is 0 Å². The molecule has 1 fully saturated rings. The van der Waals surface area contributed by atoms with Crippen LogP contribution in [0.3, 0.4) is 0 Å². The molecule has 0 saturated carbocycles. The van der Waals surface area contributed by atoms with Crippen molar-refractivity contribution in [3.8, 4) is 0 Å². The van der Waals surface area contributed by atoms with Crippen molar-refractivity contribution in [1.29, 1.82) is 0 Å². The summed E-state index contributed by atoms with van der Waals surface area (Å²) in [7, 11) is 0. The summed E-state index contributed by atoms with van der Waals surface area (Å²) in [5.74, 6) is 0. The Morgan fingerprint density at radius 2 is 1.92 bits per heavy atom. The maximum absolute atomic E-state index is 5.46. The lowest BCUT2D eigenvalue weighted by Crippen LogP contribution is -2.31. The summed E-state index contributed by atoms with van der Waals surface area (Å²) in [5.41, 5.74) is 6.75. The molecule has 1 rings (SSSR count). The van der Waals surface area contributed by atoms with Gasteiger partial charge >= 0.3 is 0 Å². The molecule has 2 heteroatoms. The van der Waals surface area contributed by atoms with E-state index in [9.17, 15) is 0 Å². The van der Waals surface area contributed by atoms with Crippen molar-refractivity contribution < 1.29 is 0 Å². The minimum atomic E-state index is 0.743. The van der Waals surface area contributed by atoms with Crippen molar-refractivity contribution in [2.45, 2.75) is 25.7 Å². The first-order valence-electron chi connectivity index (χ1n) is 4.92. The van der Waals surface area contributed by atoms with Gasteiger partial charge in [-0.05, 0) is 38.9 Å². The number of rotatable bonds is 4. The van der Waals surface area contributed by atoms with Gasteiger partial charge in [0.2, 0.25) is 0 Å². The van der Waals surface area contributed by atoms with Gasteiger partial charge < -0.3 is 5.73 Å². The highest BCUT2D eigenvalue weighted by Gasteiger charge is 2.09. The average molecular weight is 168 g/mol. The van der Waals surface area contributed by atoms with E-state index in [-0.39, 0.29) is 0 Å². The van der Waals surface area contributed by atoms with Crippen molar-refractivity contribution in [2.75, 3.05) is 26.2 Å². The van der Waals surface area contributed by atoms with Gasteiger partial charge in [-0.3, -0.25) is 4.90 Å². The van der Waals surface area contributed by atoms with Crippen molar-refractivity contribution in [1.82, 2.24) is 4.90 Å². The third-order valence-corrected chi connectivity index (χ3v) is 2.39. The Morgan fingerprint density at radius 1 is 1.25 bits per heavy atom. The maximum Gasteiger partial charge on any atom is 0.0190 e. The Hall–Kier alpha value is -0.340. The van der Waals surface area contributed by atoms with Crippen molar-refractivity contribution in [3.63, 3.8) is 0 Å². The van der Waals surface area contributed by atoms with Crippen molar-refractivity contribution in [2.24, 2.45) is 5.73 Å². The predicted octanol–water partition coefficient (Wildman–Crippen LogP) is 1.38. The zero-order valence-electron chi connectivity index (χ0n) is 7.89. The topological polar surface area (TPSA) is 29.3 Å². The molecular weight excluding hydrogens is 148 g/mol. The minimum absolute atomic E-state index is 0.743. The molecule has 0 aromatic rings. The predicted molar refractivity (Wildman–Crippen MR) is 53.1 cm³/mol. The molecule has 2 nitrogen and oxygen atoms in total. The molecular formula is C10H20N2. The van der Waals surface area contributed by atoms with Crippen LogP contribution in [0.15, 0.2) is 12.2 Å². The van der Waals surface area contributed by atoms with Gasteiger partial charge in [-0.25, -0.2) is 0 Å². The summed E-state index contributed by atoms with van der Waals surface area (Å²) in [6.45, 7) is 8.33. The van der Waals surface area contributed by atoms with Crippen molar-refractivity contribution >= 4 is 0 Å². The third-order valence-electron chi connectivity index (χ3n) is 2.39. The Kier molecular flexibility index (Phi) is 4.33. The fraction of sp³-hybridized carbons (Fsp3) is 0.800. The van der Waals surface area contributed by atoms with Crippen LogP contribution < -0.4 is 5.73 Å². The van der Waals surface area contributed by atoms with E-state index in [1.54, 1.807) is 0 Å². The van der Waals surface area contributed by atoms with Gasteiger partial charge in [0.05, 0.1) is 0 Å². The van der Waals surface area contributed by atoms with E-state index in [1.807, 2.05) is 0 Å². The summed E-state index contributed by atoms with van der Waals surface area (Å²) < 4.78 is 0. The fourth-order valence-electron chi connectivity index (χ4n) is 1.72. The Bertz CT molecular complexity index is 137. The number of nitrogens with zero attached hydrogens (tertiary/aromatic N) is 1. The van der Waals surface area contributed by atoms with Gasteiger partial charge in [-0.15, -0.1) is 0 Å². The van der Waals surface area contributed by atoms with Gasteiger partial charge in [-0.2, -0.15) is 0 Å². The molecule has 2 N–H and O–H groups in total. The molecule has 0 unspecified atom stereocenters. The zero-order valence-corrected chi connectivity index (χ0v) is 7.89. The van der Waals surface area contributed by atoms with Crippen LogP contribution in [0.2, 0.25) is 0 Å². The van der Waals surface area contributed by atoms with Crippen LogP contribution in [-0.4, -0.2) is 31.1 Å². The lowest BCUT2D eigenvalue weighted by molar-refractivity contribution is 0.245. The Labute approximate surface area is 75.4 Å². The molecule has 0 aliphatic carbocycles. The van der Waals surface area contributed by atoms with Crippen LogP contribution in [0.25, 0.3) is 0 Å². The molecule has 0 amide bonds. The van der Waals surface area contributed by atoms with E-state index < -0.39 is 0 Å². The van der Waals surface area contributed by atoms with E-state index in [4.69, 9.17) is 5.73 Å². The zero-order chi connectivity index (χ0) is 8.81. The van der Waals surface area contributed by atoms with E-state index in [0.717, 1.165) is 19.5 Å². The SMILES string of the molecule is C=C(CCN)CN1CCCCC1. The molecule has 0 radical (unpaired) electrons. The van der Waals surface area contributed by atoms with Gasteiger partial charge in [0.1, 0.15) is 0 Å². The lowest BCUT2D eigenvalue weighted by atomic mass is 10.1. The van der Waals surface area contributed by atoms with E-state index in [1.165, 1.54) is 37.9 Å². The second kappa shape index (κ2) is 5.33. The van der Waals surface area contributed by atoms with Crippen LogP contribution in [0.4, 0.5) is 0 Å². The van der Waals surface area contributed by atoms with Gasteiger partial charge in [0.25, 0.3) is 0 Å². The molecule has 1 saturated heterocycles. The lowest BCUT2D eigenvalue weighted by Gasteiger charge is -2.27. The van der Waals surface area contributed by atoms with Crippen LogP contribution >= 0.6 is 0 Å². The molecule has 0 aromatic carbocycles.